The van der Waals surface area contributed by atoms with Crippen LogP contribution < -0.4 is 0 Å². The van der Waals surface area contributed by atoms with Crippen LogP contribution in [-0.4, -0.2) is 41.0 Å². The van der Waals surface area contributed by atoms with E-state index >= 15 is 0 Å². The van der Waals surface area contributed by atoms with Gasteiger partial charge in [0, 0.05) is 6.42 Å². The Labute approximate surface area is 114 Å². The number of halogens is 3. The molecule has 1 unspecified atom stereocenters. The van der Waals surface area contributed by atoms with Crippen molar-refractivity contribution in [1.82, 2.24) is 0 Å². The van der Waals surface area contributed by atoms with Crippen molar-refractivity contribution in [2.75, 3.05) is 12.0 Å². The number of hydrogen-bond donors (Lipinski definition) is 0. The first-order valence-corrected chi connectivity index (χ1v) is 8.50. The lowest BCUT2D eigenvalue weighted by molar-refractivity contribution is -0.116. The van der Waals surface area contributed by atoms with Crippen LogP contribution in [0.2, 0.25) is 0 Å². The molecule has 0 heterocycles. The molecule has 0 radical (unpaired) electrons. The summed E-state index contributed by atoms with van der Waals surface area (Å²) in [5, 5.41) is 0. The summed E-state index contributed by atoms with van der Waals surface area (Å²) >= 11 is 0. The molecule has 0 aromatic heterocycles. The highest BCUT2D eigenvalue weighted by atomic mass is 32.2. The maximum atomic E-state index is 11.1. The molecule has 0 rings (SSSR count). The third-order valence-corrected chi connectivity index (χ3v) is 5.51. The van der Waals surface area contributed by atoms with Crippen LogP contribution in [0.4, 0.5) is 13.2 Å². The van der Waals surface area contributed by atoms with Crippen molar-refractivity contribution in [2.24, 2.45) is 0 Å². The third-order valence-electron chi connectivity index (χ3n) is 2.10. The van der Waals surface area contributed by atoms with Gasteiger partial charge in [0.1, 0.15) is 4.75 Å². The van der Waals surface area contributed by atoms with Gasteiger partial charge in [-0.1, -0.05) is 6.92 Å². The number of ketones is 1. The summed E-state index contributed by atoms with van der Waals surface area (Å²) in [5.41, 5.74) is -5.65. The highest BCUT2D eigenvalue weighted by Gasteiger charge is 2.36. The first kappa shape index (κ1) is 21.0. The fourth-order valence-electron chi connectivity index (χ4n) is 0.560. The Morgan fingerprint density at radius 3 is 1.68 bits per heavy atom. The lowest BCUT2D eigenvalue weighted by atomic mass is 10.3. The van der Waals surface area contributed by atoms with E-state index in [4.69, 9.17) is 13.0 Å². The van der Waals surface area contributed by atoms with Crippen LogP contribution in [0.1, 0.15) is 34.1 Å². The van der Waals surface area contributed by atoms with E-state index in [0.717, 1.165) is 5.75 Å². The molecule has 116 valence electrons. The molecule has 0 N–H and O–H groups in total. The summed E-state index contributed by atoms with van der Waals surface area (Å²) < 4.78 is 59.2. The van der Waals surface area contributed by atoms with E-state index < -0.39 is 15.6 Å². The summed E-state index contributed by atoms with van der Waals surface area (Å²) in [6.45, 7) is 8.51. The zero-order valence-electron chi connectivity index (χ0n) is 11.5. The first-order chi connectivity index (χ1) is 8.13. The van der Waals surface area contributed by atoms with E-state index in [0.29, 0.717) is 17.0 Å². The predicted octanol–water partition coefficient (Wildman–Crippen LogP) is 2.06. The Morgan fingerprint density at radius 1 is 1.21 bits per heavy atom. The van der Waals surface area contributed by atoms with Crippen molar-refractivity contribution in [3.63, 3.8) is 0 Å². The van der Waals surface area contributed by atoms with E-state index in [1.165, 1.54) is 0 Å². The SMILES string of the molecule is CCC(=O)C[S+](C)C(C)(C)C.O=S(=O)([O-])C(F)(F)F. The van der Waals surface area contributed by atoms with Gasteiger partial charge in [-0.15, -0.1) is 0 Å². The number of carbonyl (C=O) groups excluding carboxylic acids is 1. The van der Waals surface area contributed by atoms with Gasteiger partial charge in [0.05, 0.1) is 6.26 Å². The molecule has 0 aromatic carbocycles. The van der Waals surface area contributed by atoms with Crippen molar-refractivity contribution in [2.45, 2.75) is 44.4 Å². The summed E-state index contributed by atoms with van der Waals surface area (Å²) in [7, 11) is -5.86. The van der Waals surface area contributed by atoms with Gasteiger partial charge in [0.15, 0.2) is 21.7 Å². The van der Waals surface area contributed by atoms with Crippen LogP contribution in [0.3, 0.4) is 0 Å². The summed E-state index contributed by atoms with van der Waals surface area (Å²) in [6.07, 6.45) is 2.86. The van der Waals surface area contributed by atoms with Crippen LogP contribution in [-0.2, 0) is 25.8 Å². The molecule has 0 amide bonds. The van der Waals surface area contributed by atoms with E-state index in [-0.39, 0.29) is 10.9 Å². The average molecular weight is 324 g/mol. The Bertz CT molecular complexity index is 383. The third kappa shape index (κ3) is 10.2. The van der Waals surface area contributed by atoms with Gasteiger partial charge in [-0.2, -0.15) is 13.2 Å². The topological polar surface area (TPSA) is 74.3 Å². The molecule has 0 aliphatic carbocycles. The minimum Gasteiger partial charge on any atom is -0.741 e. The van der Waals surface area contributed by atoms with Gasteiger partial charge in [-0.3, -0.25) is 4.79 Å². The second-order valence-electron chi connectivity index (χ2n) is 4.69. The van der Waals surface area contributed by atoms with Gasteiger partial charge in [0.25, 0.3) is 0 Å². The Morgan fingerprint density at radius 2 is 1.53 bits per heavy atom. The van der Waals surface area contributed by atoms with Gasteiger partial charge in [-0.25, -0.2) is 8.42 Å². The van der Waals surface area contributed by atoms with Crippen LogP contribution in [0.25, 0.3) is 0 Å². The Kier molecular flexibility index (Phi) is 8.29. The minimum absolute atomic E-state index is 0.233. The fourth-order valence-corrected chi connectivity index (χ4v) is 1.68. The quantitative estimate of drug-likeness (QED) is 0.452. The minimum atomic E-state index is -6.09. The molecule has 0 saturated heterocycles. The summed E-state index contributed by atoms with van der Waals surface area (Å²) in [4.78, 5) is 11.1. The predicted molar refractivity (Wildman–Crippen MR) is 69.0 cm³/mol. The molecule has 1 atom stereocenters. The van der Waals surface area contributed by atoms with E-state index in [1.54, 1.807) is 0 Å². The molecule has 0 bridgehead atoms. The second-order valence-corrected chi connectivity index (χ2v) is 8.84. The largest absolute Gasteiger partial charge is 0.741 e. The van der Waals surface area contributed by atoms with Gasteiger partial charge >= 0.3 is 5.51 Å². The van der Waals surface area contributed by atoms with Crippen LogP contribution >= 0.6 is 0 Å². The number of alkyl halides is 3. The van der Waals surface area contributed by atoms with Gasteiger partial charge < -0.3 is 4.55 Å². The van der Waals surface area contributed by atoms with Crippen LogP contribution in [0, 0.1) is 0 Å². The lowest BCUT2D eigenvalue weighted by Gasteiger charge is -2.17. The summed E-state index contributed by atoms with van der Waals surface area (Å²) in [5.74, 6) is 1.16. The maximum absolute atomic E-state index is 11.1. The zero-order valence-corrected chi connectivity index (χ0v) is 13.1. The Hall–Kier alpha value is -0.280. The highest BCUT2D eigenvalue weighted by molar-refractivity contribution is 7.98. The van der Waals surface area contributed by atoms with Crippen LogP contribution in [0.5, 0.6) is 0 Å². The molecule has 0 spiro atoms. The van der Waals surface area contributed by atoms with Crippen molar-refractivity contribution < 1.29 is 30.9 Å². The van der Waals surface area contributed by atoms with Crippen molar-refractivity contribution >= 4 is 26.8 Å². The van der Waals surface area contributed by atoms with Gasteiger partial charge in [0.2, 0.25) is 0 Å². The molecule has 0 aromatic rings. The molecule has 9 heteroatoms. The molecule has 0 saturated carbocycles. The molecule has 0 aliphatic rings. The summed E-state index contributed by atoms with van der Waals surface area (Å²) in [6, 6.07) is 0. The van der Waals surface area contributed by atoms with Crippen molar-refractivity contribution in [3.05, 3.63) is 0 Å². The molecule has 19 heavy (non-hydrogen) atoms. The highest BCUT2D eigenvalue weighted by Crippen LogP contribution is 2.20. The number of Topliss-reactive ketones (excluding diaryl/α,β-unsaturated/α-hetero) is 1. The smallest absolute Gasteiger partial charge is 0.485 e. The number of carbonyl (C=O) groups is 1. The van der Waals surface area contributed by atoms with E-state index in [9.17, 15) is 18.0 Å². The zero-order chi connectivity index (χ0) is 16.1. The molecular weight excluding hydrogens is 305 g/mol. The monoisotopic (exact) mass is 324 g/mol. The molecule has 0 aliphatic heterocycles. The van der Waals surface area contributed by atoms with Crippen molar-refractivity contribution in [3.8, 4) is 0 Å². The number of rotatable bonds is 3. The van der Waals surface area contributed by atoms with Crippen molar-refractivity contribution in [1.29, 1.82) is 0 Å². The number of hydrogen-bond acceptors (Lipinski definition) is 4. The Balaban J connectivity index is 0. The van der Waals surface area contributed by atoms with E-state index in [1.807, 2.05) is 6.92 Å². The standard InChI is InChI=1S/C9H19OS.CHF3O3S/c1-6-8(10)7-11(5)9(2,3)4;2-1(3,4)8(5,6)7/h6-7H2,1-5H3;(H,5,6,7)/q+1;/p-1. The molecule has 4 nitrogen and oxygen atoms in total. The average Bonchev–Trinajstić information content (AvgIpc) is 2.13. The van der Waals surface area contributed by atoms with Crippen LogP contribution in [0.15, 0.2) is 0 Å². The molecular formula is C10H19F3O4S2. The second kappa shape index (κ2) is 7.49. The normalized spacial score (nSPS) is 14.4. The fraction of sp³-hybridized carbons (Fsp3) is 0.900. The molecule has 0 fully saturated rings. The van der Waals surface area contributed by atoms with E-state index in [2.05, 4.69) is 27.0 Å². The lowest BCUT2D eigenvalue weighted by Crippen LogP contribution is -2.32. The van der Waals surface area contributed by atoms with Gasteiger partial charge in [-0.05, 0) is 31.7 Å². The maximum Gasteiger partial charge on any atom is 0.485 e. The first-order valence-electron chi connectivity index (χ1n) is 5.29.